The summed E-state index contributed by atoms with van der Waals surface area (Å²) in [5, 5.41) is 9.57. The number of benzene rings is 1. The second kappa shape index (κ2) is 6.93. The third kappa shape index (κ3) is 3.67. The van der Waals surface area contributed by atoms with Crippen LogP contribution in [0.5, 0.6) is 0 Å². The fraction of sp³-hybridized carbons (Fsp3) is 0.176. The summed E-state index contributed by atoms with van der Waals surface area (Å²) in [5.74, 6) is 0.129. The molecule has 1 aromatic carbocycles. The second-order valence-corrected chi connectivity index (χ2v) is 5.19. The standard InChI is InChI=1S/C17H17N3O3/c21-16(20-22)7-3-4-13-11-23-17(19-13)9-8-12-10-18-15-6-2-1-5-14(12)15/h1-2,5-6,8-11,18,22H,3-4,7H2,(H,20,21)/b9-8+. The van der Waals surface area contributed by atoms with Crippen LogP contribution in [0.3, 0.4) is 0 Å². The van der Waals surface area contributed by atoms with Crippen LogP contribution >= 0.6 is 0 Å². The Hall–Kier alpha value is -2.86. The molecule has 6 nitrogen and oxygen atoms in total. The van der Waals surface area contributed by atoms with Crippen LogP contribution in [0.25, 0.3) is 23.1 Å². The van der Waals surface area contributed by atoms with Crippen molar-refractivity contribution >= 4 is 29.0 Å². The Morgan fingerprint density at radius 2 is 2.22 bits per heavy atom. The van der Waals surface area contributed by atoms with Gasteiger partial charge in [0.05, 0.1) is 5.69 Å². The van der Waals surface area contributed by atoms with Gasteiger partial charge in [-0.05, 0) is 30.5 Å². The molecule has 0 aliphatic heterocycles. The molecule has 23 heavy (non-hydrogen) atoms. The maximum absolute atomic E-state index is 10.9. The van der Waals surface area contributed by atoms with Crippen molar-refractivity contribution in [1.82, 2.24) is 15.4 Å². The van der Waals surface area contributed by atoms with E-state index in [4.69, 9.17) is 9.62 Å². The Kier molecular flexibility index (Phi) is 4.54. The van der Waals surface area contributed by atoms with Crippen molar-refractivity contribution in [2.45, 2.75) is 19.3 Å². The lowest BCUT2D eigenvalue weighted by atomic mass is 10.1. The number of carbonyl (C=O) groups is 1. The van der Waals surface area contributed by atoms with Gasteiger partial charge < -0.3 is 9.40 Å². The molecule has 3 N–H and O–H groups in total. The van der Waals surface area contributed by atoms with Gasteiger partial charge in [0.25, 0.3) is 0 Å². The van der Waals surface area contributed by atoms with Gasteiger partial charge in [-0.25, -0.2) is 10.5 Å². The zero-order valence-electron chi connectivity index (χ0n) is 12.5. The van der Waals surface area contributed by atoms with Crippen LogP contribution in [0, 0.1) is 0 Å². The van der Waals surface area contributed by atoms with Crippen molar-refractivity contribution in [3.05, 3.63) is 53.9 Å². The van der Waals surface area contributed by atoms with E-state index in [2.05, 4.69) is 16.0 Å². The van der Waals surface area contributed by atoms with E-state index in [1.807, 2.05) is 36.5 Å². The summed E-state index contributed by atoms with van der Waals surface area (Å²) in [6.07, 6.45) is 8.78. The van der Waals surface area contributed by atoms with Gasteiger partial charge in [-0.15, -0.1) is 0 Å². The first-order valence-corrected chi connectivity index (χ1v) is 7.38. The van der Waals surface area contributed by atoms with Crippen molar-refractivity contribution in [3.63, 3.8) is 0 Å². The molecule has 0 spiro atoms. The van der Waals surface area contributed by atoms with E-state index < -0.39 is 5.91 Å². The maximum Gasteiger partial charge on any atom is 0.243 e. The van der Waals surface area contributed by atoms with Crippen LogP contribution in [0.1, 0.15) is 30.0 Å². The lowest BCUT2D eigenvalue weighted by molar-refractivity contribution is -0.129. The number of aromatic nitrogens is 2. The average molecular weight is 311 g/mol. The fourth-order valence-corrected chi connectivity index (χ4v) is 2.39. The van der Waals surface area contributed by atoms with Crippen molar-refractivity contribution in [1.29, 1.82) is 0 Å². The van der Waals surface area contributed by atoms with Crippen molar-refractivity contribution in [2.24, 2.45) is 0 Å². The van der Waals surface area contributed by atoms with Gasteiger partial charge in [0.15, 0.2) is 0 Å². The highest BCUT2D eigenvalue weighted by Crippen LogP contribution is 2.20. The van der Waals surface area contributed by atoms with E-state index in [9.17, 15) is 4.79 Å². The minimum Gasteiger partial charge on any atom is -0.445 e. The first-order chi connectivity index (χ1) is 11.3. The quantitative estimate of drug-likeness (QED) is 0.482. The van der Waals surface area contributed by atoms with Gasteiger partial charge in [0.1, 0.15) is 6.26 Å². The smallest absolute Gasteiger partial charge is 0.243 e. The minimum absolute atomic E-state index is 0.254. The molecule has 118 valence electrons. The van der Waals surface area contributed by atoms with Gasteiger partial charge in [-0.1, -0.05) is 18.2 Å². The molecule has 0 aliphatic carbocycles. The molecule has 0 bridgehead atoms. The summed E-state index contributed by atoms with van der Waals surface area (Å²) in [6.45, 7) is 0. The topological polar surface area (TPSA) is 91.2 Å². The molecule has 0 saturated heterocycles. The molecule has 3 aromatic rings. The maximum atomic E-state index is 10.9. The van der Waals surface area contributed by atoms with E-state index in [1.165, 1.54) is 0 Å². The molecular formula is C17H17N3O3. The zero-order valence-corrected chi connectivity index (χ0v) is 12.5. The normalized spacial score (nSPS) is 11.3. The molecule has 2 aromatic heterocycles. The number of para-hydroxylation sites is 1. The molecule has 0 radical (unpaired) electrons. The van der Waals surface area contributed by atoms with Crippen LogP contribution in [-0.2, 0) is 11.2 Å². The summed E-state index contributed by atoms with van der Waals surface area (Å²) >= 11 is 0. The summed E-state index contributed by atoms with van der Waals surface area (Å²) in [7, 11) is 0. The SMILES string of the molecule is O=C(CCCc1coc(/C=C/c2c[nH]c3ccccc23)n1)NO. The van der Waals surface area contributed by atoms with Crippen LogP contribution in [0.2, 0.25) is 0 Å². The fourth-order valence-electron chi connectivity index (χ4n) is 2.39. The highest BCUT2D eigenvalue weighted by Gasteiger charge is 2.04. The number of hydrogen-bond acceptors (Lipinski definition) is 4. The van der Waals surface area contributed by atoms with Gasteiger partial charge in [0.2, 0.25) is 11.8 Å². The first kappa shape index (κ1) is 15.1. The number of aromatic amines is 1. The number of hydroxylamine groups is 1. The molecule has 0 aliphatic rings. The third-order valence-electron chi connectivity index (χ3n) is 3.56. The summed E-state index contributed by atoms with van der Waals surface area (Å²) < 4.78 is 5.40. The highest BCUT2D eigenvalue weighted by atomic mass is 16.5. The Morgan fingerprint density at radius 1 is 1.35 bits per heavy atom. The van der Waals surface area contributed by atoms with Gasteiger partial charge in [0, 0.05) is 29.6 Å². The monoisotopic (exact) mass is 311 g/mol. The lowest BCUT2D eigenvalue weighted by Gasteiger charge is -1.95. The molecule has 0 fully saturated rings. The van der Waals surface area contributed by atoms with E-state index in [0.717, 1.165) is 22.2 Å². The number of rotatable bonds is 6. The second-order valence-electron chi connectivity index (χ2n) is 5.19. The van der Waals surface area contributed by atoms with Crippen LogP contribution in [0.15, 0.2) is 41.1 Å². The lowest BCUT2D eigenvalue weighted by Crippen LogP contribution is -2.18. The predicted molar refractivity (Wildman–Crippen MR) is 86.6 cm³/mol. The number of hydrogen-bond donors (Lipinski definition) is 3. The van der Waals surface area contributed by atoms with E-state index in [0.29, 0.717) is 18.7 Å². The van der Waals surface area contributed by atoms with Crippen molar-refractivity contribution in [2.75, 3.05) is 0 Å². The number of oxazole rings is 1. The van der Waals surface area contributed by atoms with Gasteiger partial charge in [-0.3, -0.25) is 10.0 Å². The largest absolute Gasteiger partial charge is 0.445 e. The predicted octanol–water partition coefficient (Wildman–Crippen LogP) is 3.15. The number of nitrogens with zero attached hydrogens (tertiary/aromatic N) is 1. The Bertz CT molecular complexity index is 832. The van der Waals surface area contributed by atoms with E-state index in [1.54, 1.807) is 11.7 Å². The Morgan fingerprint density at radius 3 is 3.09 bits per heavy atom. The minimum atomic E-state index is -0.395. The van der Waals surface area contributed by atoms with E-state index in [-0.39, 0.29) is 6.42 Å². The van der Waals surface area contributed by atoms with E-state index >= 15 is 0 Å². The molecule has 2 heterocycles. The number of amides is 1. The number of aryl methyl sites for hydroxylation is 1. The summed E-state index contributed by atoms with van der Waals surface area (Å²) in [6, 6.07) is 8.07. The van der Waals surface area contributed by atoms with Crippen molar-refractivity contribution in [3.8, 4) is 0 Å². The molecule has 6 heteroatoms. The molecule has 3 rings (SSSR count). The Balaban J connectivity index is 1.63. The zero-order chi connectivity index (χ0) is 16.1. The van der Waals surface area contributed by atoms with Crippen LogP contribution in [0.4, 0.5) is 0 Å². The number of H-pyrrole nitrogens is 1. The highest BCUT2D eigenvalue weighted by molar-refractivity contribution is 5.90. The molecule has 0 unspecified atom stereocenters. The number of fused-ring (bicyclic) bond motifs is 1. The first-order valence-electron chi connectivity index (χ1n) is 7.38. The number of carbonyl (C=O) groups excluding carboxylic acids is 1. The molecule has 0 saturated carbocycles. The van der Waals surface area contributed by atoms with Crippen molar-refractivity contribution < 1.29 is 14.4 Å². The van der Waals surface area contributed by atoms with Crippen LogP contribution in [-0.4, -0.2) is 21.1 Å². The van der Waals surface area contributed by atoms with Gasteiger partial charge in [-0.2, -0.15) is 0 Å². The third-order valence-corrected chi connectivity index (χ3v) is 3.56. The molecule has 1 amide bonds. The molecular weight excluding hydrogens is 294 g/mol. The average Bonchev–Trinajstić information content (AvgIpc) is 3.19. The molecule has 0 atom stereocenters. The number of nitrogens with one attached hydrogen (secondary N) is 2. The summed E-state index contributed by atoms with van der Waals surface area (Å²) in [5.41, 5.74) is 4.55. The van der Waals surface area contributed by atoms with Crippen LogP contribution < -0.4 is 5.48 Å². The van der Waals surface area contributed by atoms with Gasteiger partial charge >= 0.3 is 0 Å². The summed E-state index contributed by atoms with van der Waals surface area (Å²) in [4.78, 5) is 18.5. The Labute approximate surface area is 132 Å².